The Morgan fingerprint density at radius 3 is 2.47 bits per heavy atom. The number of aromatic amines is 1. The van der Waals surface area contributed by atoms with E-state index < -0.39 is 0 Å². The number of amides is 2. The van der Waals surface area contributed by atoms with E-state index in [4.69, 9.17) is 0 Å². The van der Waals surface area contributed by atoms with E-state index in [0.717, 1.165) is 29.2 Å². The van der Waals surface area contributed by atoms with Gasteiger partial charge in [0.1, 0.15) is 5.82 Å². The number of benzene rings is 2. The van der Waals surface area contributed by atoms with Gasteiger partial charge in [-0.15, -0.1) is 0 Å². The highest BCUT2D eigenvalue weighted by Crippen LogP contribution is 2.38. The second kappa shape index (κ2) is 9.09. The third-order valence-electron chi connectivity index (χ3n) is 5.18. The minimum atomic E-state index is -0.109. The SMILES string of the molecule is CN(C)CCN(Cc1ccccc1)C(=O)Nc1ccc(-c2n[nH]c(C3CC3)n2)cc1. The predicted octanol–water partition coefficient (Wildman–Crippen LogP) is 3.94. The molecule has 30 heavy (non-hydrogen) atoms. The Morgan fingerprint density at radius 1 is 1.07 bits per heavy atom. The summed E-state index contributed by atoms with van der Waals surface area (Å²) in [6.07, 6.45) is 2.37. The Labute approximate surface area is 177 Å². The number of likely N-dealkylation sites (N-methyl/N-ethyl adjacent to an activating group) is 1. The van der Waals surface area contributed by atoms with E-state index in [0.29, 0.717) is 24.8 Å². The molecule has 0 radical (unpaired) electrons. The number of urea groups is 1. The van der Waals surface area contributed by atoms with Gasteiger partial charge in [-0.3, -0.25) is 5.10 Å². The Hall–Kier alpha value is -3.19. The average molecular weight is 405 g/mol. The quantitative estimate of drug-likeness (QED) is 0.596. The molecule has 0 bridgehead atoms. The zero-order valence-corrected chi connectivity index (χ0v) is 17.5. The number of nitrogens with zero attached hydrogens (tertiary/aromatic N) is 4. The van der Waals surface area contributed by atoms with Crippen molar-refractivity contribution in [1.82, 2.24) is 25.0 Å². The molecule has 2 aromatic carbocycles. The van der Waals surface area contributed by atoms with Crippen LogP contribution in [0.4, 0.5) is 10.5 Å². The van der Waals surface area contributed by atoms with E-state index in [9.17, 15) is 4.79 Å². The topological polar surface area (TPSA) is 77.1 Å². The van der Waals surface area contributed by atoms with E-state index in [2.05, 4.69) is 25.4 Å². The molecule has 4 rings (SSSR count). The summed E-state index contributed by atoms with van der Waals surface area (Å²) >= 11 is 0. The minimum Gasteiger partial charge on any atom is -0.319 e. The van der Waals surface area contributed by atoms with Gasteiger partial charge in [0.2, 0.25) is 0 Å². The van der Waals surface area contributed by atoms with Gasteiger partial charge in [0, 0.05) is 36.8 Å². The van der Waals surface area contributed by atoms with Gasteiger partial charge in [0.05, 0.1) is 0 Å². The smallest absolute Gasteiger partial charge is 0.319 e. The molecule has 156 valence electrons. The first kappa shape index (κ1) is 20.1. The summed E-state index contributed by atoms with van der Waals surface area (Å²) in [5.74, 6) is 2.22. The summed E-state index contributed by atoms with van der Waals surface area (Å²) in [5.41, 5.74) is 2.80. The summed E-state index contributed by atoms with van der Waals surface area (Å²) in [6, 6.07) is 17.6. The van der Waals surface area contributed by atoms with Crippen LogP contribution >= 0.6 is 0 Å². The van der Waals surface area contributed by atoms with Crippen LogP contribution in [0.1, 0.15) is 30.1 Å². The van der Waals surface area contributed by atoms with Crippen LogP contribution in [-0.4, -0.2) is 58.2 Å². The van der Waals surface area contributed by atoms with Crippen LogP contribution in [0.25, 0.3) is 11.4 Å². The molecule has 1 heterocycles. The maximum absolute atomic E-state index is 12.9. The Bertz CT molecular complexity index is 963. The standard InChI is InChI=1S/C23H28N6O/c1-28(2)14-15-29(16-17-6-4-3-5-7-17)23(30)24-20-12-10-19(11-13-20)22-25-21(26-27-22)18-8-9-18/h3-7,10-13,18H,8-9,14-16H2,1-2H3,(H,24,30)(H,25,26,27). The first-order valence-electron chi connectivity index (χ1n) is 10.4. The van der Waals surface area contributed by atoms with Crippen molar-refractivity contribution in [2.45, 2.75) is 25.3 Å². The molecule has 0 unspecified atom stereocenters. The van der Waals surface area contributed by atoms with Crippen LogP contribution in [0.3, 0.4) is 0 Å². The molecule has 1 aliphatic rings. The minimum absolute atomic E-state index is 0.109. The second-order valence-corrected chi connectivity index (χ2v) is 8.04. The van der Waals surface area contributed by atoms with E-state index in [1.165, 1.54) is 12.8 Å². The summed E-state index contributed by atoms with van der Waals surface area (Å²) in [5, 5.41) is 10.4. The van der Waals surface area contributed by atoms with Gasteiger partial charge in [-0.05, 0) is 56.8 Å². The molecule has 0 aliphatic heterocycles. The van der Waals surface area contributed by atoms with E-state index in [1.807, 2.05) is 73.6 Å². The maximum Gasteiger partial charge on any atom is 0.322 e. The van der Waals surface area contributed by atoms with Crippen LogP contribution in [0.15, 0.2) is 54.6 Å². The molecule has 1 aromatic heterocycles. The molecule has 2 N–H and O–H groups in total. The van der Waals surface area contributed by atoms with Gasteiger partial charge < -0.3 is 15.1 Å². The molecule has 1 fully saturated rings. The highest BCUT2D eigenvalue weighted by atomic mass is 16.2. The lowest BCUT2D eigenvalue weighted by Gasteiger charge is -2.25. The van der Waals surface area contributed by atoms with Crippen molar-refractivity contribution in [3.05, 3.63) is 66.0 Å². The number of aromatic nitrogens is 3. The van der Waals surface area contributed by atoms with Gasteiger partial charge in [-0.25, -0.2) is 9.78 Å². The third-order valence-corrected chi connectivity index (χ3v) is 5.18. The highest BCUT2D eigenvalue weighted by Gasteiger charge is 2.27. The summed E-state index contributed by atoms with van der Waals surface area (Å²) in [4.78, 5) is 21.4. The van der Waals surface area contributed by atoms with E-state index in [1.54, 1.807) is 0 Å². The lowest BCUT2D eigenvalue weighted by atomic mass is 10.2. The number of hydrogen-bond donors (Lipinski definition) is 2. The highest BCUT2D eigenvalue weighted by molar-refractivity contribution is 5.89. The lowest BCUT2D eigenvalue weighted by molar-refractivity contribution is 0.202. The first-order chi connectivity index (χ1) is 14.6. The fourth-order valence-corrected chi connectivity index (χ4v) is 3.22. The molecule has 7 heteroatoms. The molecule has 2 amide bonds. The van der Waals surface area contributed by atoms with Gasteiger partial charge >= 0.3 is 6.03 Å². The van der Waals surface area contributed by atoms with Gasteiger partial charge in [-0.2, -0.15) is 5.10 Å². The monoisotopic (exact) mass is 404 g/mol. The summed E-state index contributed by atoms with van der Waals surface area (Å²) in [6.45, 7) is 2.01. The van der Waals surface area contributed by atoms with Crippen molar-refractivity contribution in [2.75, 3.05) is 32.5 Å². The van der Waals surface area contributed by atoms with Crippen LogP contribution < -0.4 is 5.32 Å². The normalized spacial score (nSPS) is 13.4. The Balaban J connectivity index is 1.41. The number of carbonyl (C=O) groups is 1. The second-order valence-electron chi connectivity index (χ2n) is 8.04. The predicted molar refractivity (Wildman–Crippen MR) is 118 cm³/mol. The molecule has 0 saturated heterocycles. The first-order valence-corrected chi connectivity index (χ1v) is 10.4. The van der Waals surface area contributed by atoms with Crippen molar-refractivity contribution in [3.8, 4) is 11.4 Å². The van der Waals surface area contributed by atoms with Crippen molar-refractivity contribution >= 4 is 11.7 Å². The number of carbonyl (C=O) groups excluding carboxylic acids is 1. The van der Waals surface area contributed by atoms with E-state index in [-0.39, 0.29) is 6.03 Å². The molecule has 0 atom stereocenters. The number of nitrogens with one attached hydrogen (secondary N) is 2. The molecule has 1 saturated carbocycles. The molecule has 3 aromatic rings. The average Bonchev–Trinajstić information content (AvgIpc) is 3.49. The molecular formula is C23H28N6O. The van der Waals surface area contributed by atoms with Gasteiger partial charge in [-0.1, -0.05) is 30.3 Å². The summed E-state index contributed by atoms with van der Waals surface area (Å²) in [7, 11) is 4.02. The Kier molecular flexibility index (Phi) is 6.09. The number of anilines is 1. The molecular weight excluding hydrogens is 376 g/mol. The van der Waals surface area contributed by atoms with Gasteiger partial charge in [0.25, 0.3) is 0 Å². The maximum atomic E-state index is 12.9. The number of H-pyrrole nitrogens is 1. The number of hydrogen-bond acceptors (Lipinski definition) is 4. The van der Waals surface area contributed by atoms with Crippen LogP contribution in [0.2, 0.25) is 0 Å². The molecule has 1 aliphatic carbocycles. The fraction of sp³-hybridized carbons (Fsp3) is 0.348. The van der Waals surface area contributed by atoms with E-state index >= 15 is 0 Å². The van der Waals surface area contributed by atoms with Crippen LogP contribution in [0, 0.1) is 0 Å². The van der Waals surface area contributed by atoms with Crippen LogP contribution in [-0.2, 0) is 6.54 Å². The molecule has 0 spiro atoms. The zero-order chi connectivity index (χ0) is 20.9. The zero-order valence-electron chi connectivity index (χ0n) is 17.5. The van der Waals surface area contributed by atoms with Crippen molar-refractivity contribution in [3.63, 3.8) is 0 Å². The molecule has 7 nitrogen and oxygen atoms in total. The van der Waals surface area contributed by atoms with Crippen molar-refractivity contribution < 1.29 is 4.79 Å². The Morgan fingerprint density at radius 2 is 1.80 bits per heavy atom. The van der Waals surface area contributed by atoms with Crippen molar-refractivity contribution in [2.24, 2.45) is 0 Å². The largest absolute Gasteiger partial charge is 0.322 e. The van der Waals surface area contributed by atoms with Crippen LogP contribution in [0.5, 0.6) is 0 Å². The fourth-order valence-electron chi connectivity index (χ4n) is 3.22. The lowest BCUT2D eigenvalue weighted by Crippen LogP contribution is -2.39. The summed E-state index contributed by atoms with van der Waals surface area (Å²) < 4.78 is 0. The number of rotatable bonds is 8. The van der Waals surface area contributed by atoms with Gasteiger partial charge in [0.15, 0.2) is 5.82 Å². The third kappa shape index (κ3) is 5.24. The van der Waals surface area contributed by atoms with Crippen molar-refractivity contribution in [1.29, 1.82) is 0 Å².